The van der Waals surface area contributed by atoms with Gasteiger partial charge in [0.15, 0.2) is 0 Å². The van der Waals surface area contributed by atoms with E-state index in [1.807, 2.05) is 42.8 Å². The molecule has 0 saturated carbocycles. The molecule has 1 heterocycles. The number of nitrogens with two attached hydrogens (primary N) is 1. The van der Waals surface area contributed by atoms with Crippen molar-refractivity contribution in [3.8, 4) is 0 Å². The van der Waals surface area contributed by atoms with Gasteiger partial charge in [0, 0.05) is 19.6 Å². The molecule has 0 bridgehead atoms. The quantitative estimate of drug-likeness (QED) is 0.650. The molecule has 2 amide bonds. The molecule has 21 heavy (non-hydrogen) atoms. The predicted octanol–water partition coefficient (Wildman–Crippen LogP) is -1.03. The summed E-state index contributed by atoms with van der Waals surface area (Å²) in [6.07, 6.45) is 0.710. The zero-order valence-electron chi connectivity index (χ0n) is 13.5. The highest BCUT2D eigenvalue weighted by molar-refractivity contribution is 5.82. The third-order valence-electron chi connectivity index (χ3n) is 3.69. The smallest absolute Gasteiger partial charge is 0.240 e. The number of hydrogen-bond acceptors (Lipinski definition) is 5. The van der Waals surface area contributed by atoms with Crippen molar-refractivity contribution in [1.29, 1.82) is 0 Å². The fraction of sp³-hybridized carbons (Fsp3) is 0.857. The van der Waals surface area contributed by atoms with Crippen LogP contribution < -0.4 is 5.73 Å². The molecule has 1 aliphatic heterocycles. The minimum Gasteiger partial charge on any atom is -0.373 e. The van der Waals surface area contributed by atoms with Gasteiger partial charge in [0.1, 0.15) is 0 Å². The van der Waals surface area contributed by atoms with Gasteiger partial charge in [0.2, 0.25) is 11.8 Å². The summed E-state index contributed by atoms with van der Waals surface area (Å²) in [5.74, 6) is -0.215. The van der Waals surface area contributed by atoms with E-state index in [9.17, 15) is 9.59 Å². The molecule has 1 fully saturated rings. The summed E-state index contributed by atoms with van der Waals surface area (Å²) in [7, 11) is 5.67. The minimum absolute atomic E-state index is 0.0771. The molecule has 7 nitrogen and oxygen atoms in total. The maximum Gasteiger partial charge on any atom is 0.240 e. The third-order valence-corrected chi connectivity index (χ3v) is 3.69. The van der Waals surface area contributed by atoms with Gasteiger partial charge in [-0.3, -0.25) is 19.4 Å². The van der Waals surface area contributed by atoms with Crippen LogP contribution in [0, 0.1) is 0 Å². The summed E-state index contributed by atoms with van der Waals surface area (Å²) in [6.45, 7) is 4.52. The molecule has 0 aromatic rings. The third kappa shape index (κ3) is 5.61. The number of carbonyl (C=O) groups excluding carboxylic acids is 2. The average molecular weight is 300 g/mol. The number of hydrogen-bond donors (Lipinski definition) is 1. The van der Waals surface area contributed by atoms with Crippen LogP contribution in [0.3, 0.4) is 0 Å². The zero-order chi connectivity index (χ0) is 16.0. The number of morpholine rings is 1. The Labute approximate surface area is 127 Å². The largest absolute Gasteiger partial charge is 0.373 e. The summed E-state index contributed by atoms with van der Waals surface area (Å²) < 4.78 is 5.68. The topological polar surface area (TPSA) is 79.1 Å². The van der Waals surface area contributed by atoms with Crippen LogP contribution in [-0.2, 0) is 14.3 Å². The first kappa shape index (κ1) is 17.9. The van der Waals surface area contributed by atoms with Crippen LogP contribution in [0.4, 0.5) is 0 Å². The van der Waals surface area contributed by atoms with Crippen molar-refractivity contribution in [3.05, 3.63) is 0 Å². The van der Waals surface area contributed by atoms with Gasteiger partial charge in [-0.2, -0.15) is 0 Å². The van der Waals surface area contributed by atoms with E-state index < -0.39 is 0 Å². The van der Waals surface area contributed by atoms with Gasteiger partial charge in [-0.1, -0.05) is 6.92 Å². The number of ether oxygens (including phenoxy) is 1. The molecular formula is C14H28N4O3. The Morgan fingerprint density at radius 2 is 2.05 bits per heavy atom. The van der Waals surface area contributed by atoms with E-state index in [0.29, 0.717) is 26.2 Å². The van der Waals surface area contributed by atoms with Gasteiger partial charge in [0.05, 0.1) is 25.3 Å². The molecule has 2 unspecified atom stereocenters. The first-order valence-corrected chi connectivity index (χ1v) is 7.38. The van der Waals surface area contributed by atoms with Gasteiger partial charge in [0.25, 0.3) is 0 Å². The van der Waals surface area contributed by atoms with Gasteiger partial charge < -0.3 is 15.4 Å². The predicted molar refractivity (Wildman–Crippen MR) is 80.8 cm³/mol. The van der Waals surface area contributed by atoms with Crippen molar-refractivity contribution in [2.45, 2.75) is 25.5 Å². The molecule has 0 aromatic carbocycles. The van der Waals surface area contributed by atoms with E-state index in [1.54, 1.807) is 0 Å². The zero-order valence-corrected chi connectivity index (χ0v) is 13.5. The highest BCUT2D eigenvalue weighted by atomic mass is 16.5. The Morgan fingerprint density at radius 3 is 2.57 bits per heavy atom. The number of amides is 2. The van der Waals surface area contributed by atoms with Crippen molar-refractivity contribution in [3.63, 3.8) is 0 Å². The highest BCUT2D eigenvalue weighted by Crippen LogP contribution is 2.11. The lowest BCUT2D eigenvalue weighted by molar-refractivity contribution is -0.144. The first-order chi connectivity index (χ1) is 9.85. The van der Waals surface area contributed by atoms with Gasteiger partial charge in [-0.05, 0) is 27.6 Å². The lowest BCUT2D eigenvalue weighted by atomic mass is 10.1. The lowest BCUT2D eigenvalue weighted by Crippen LogP contribution is -2.54. The van der Waals surface area contributed by atoms with Crippen molar-refractivity contribution < 1.29 is 14.3 Å². The maximum absolute atomic E-state index is 12.5. The Morgan fingerprint density at radius 1 is 1.38 bits per heavy atom. The molecule has 0 spiro atoms. The second-order valence-electron chi connectivity index (χ2n) is 5.83. The molecule has 2 atom stereocenters. The first-order valence-electron chi connectivity index (χ1n) is 7.38. The monoisotopic (exact) mass is 300 g/mol. The standard InChI is InChI=1S/C14H28N4O3/c1-5-12(16(2)3)14(20)18-6-7-21-11(9-18)8-17(4)10-13(15)19/h11-12H,5-10H2,1-4H3,(H2,15,19). The van der Waals surface area contributed by atoms with E-state index in [1.165, 1.54) is 0 Å². The molecule has 1 aliphatic rings. The summed E-state index contributed by atoms with van der Waals surface area (Å²) in [4.78, 5) is 29.1. The SMILES string of the molecule is CCC(C(=O)N1CCOC(CN(C)CC(N)=O)C1)N(C)C. The van der Waals surface area contributed by atoms with Crippen LogP contribution in [0.2, 0.25) is 0 Å². The van der Waals surface area contributed by atoms with Gasteiger partial charge in [-0.15, -0.1) is 0 Å². The normalized spacial score (nSPS) is 20.9. The Bertz CT molecular complexity index is 362. The molecule has 7 heteroatoms. The van der Waals surface area contributed by atoms with Crippen molar-refractivity contribution in [2.75, 3.05) is 53.9 Å². The number of likely N-dealkylation sites (N-methyl/N-ethyl adjacent to an activating group) is 2. The molecule has 0 radical (unpaired) electrons. The van der Waals surface area contributed by atoms with Gasteiger partial charge in [-0.25, -0.2) is 0 Å². The number of carbonyl (C=O) groups is 2. The van der Waals surface area contributed by atoms with E-state index in [2.05, 4.69) is 0 Å². The lowest BCUT2D eigenvalue weighted by Gasteiger charge is -2.37. The fourth-order valence-electron chi connectivity index (χ4n) is 2.68. The van der Waals surface area contributed by atoms with Crippen LogP contribution in [0.25, 0.3) is 0 Å². The molecule has 122 valence electrons. The molecule has 1 rings (SSSR count). The summed E-state index contributed by atoms with van der Waals surface area (Å²) in [6, 6.07) is -0.0906. The summed E-state index contributed by atoms with van der Waals surface area (Å²) >= 11 is 0. The molecule has 1 saturated heterocycles. The summed E-state index contributed by atoms with van der Waals surface area (Å²) in [5.41, 5.74) is 5.17. The number of nitrogens with zero attached hydrogens (tertiary/aromatic N) is 3. The Hall–Kier alpha value is -1.18. The fourth-order valence-corrected chi connectivity index (χ4v) is 2.68. The Balaban J connectivity index is 2.55. The molecular weight excluding hydrogens is 272 g/mol. The van der Waals surface area contributed by atoms with E-state index >= 15 is 0 Å². The van der Waals surface area contributed by atoms with Crippen molar-refractivity contribution in [1.82, 2.24) is 14.7 Å². The number of rotatable bonds is 7. The molecule has 0 aromatic heterocycles. The van der Waals surface area contributed by atoms with Gasteiger partial charge >= 0.3 is 0 Å². The second kappa shape index (κ2) is 8.31. The number of primary amides is 1. The van der Waals surface area contributed by atoms with Crippen molar-refractivity contribution in [2.24, 2.45) is 5.73 Å². The second-order valence-corrected chi connectivity index (χ2v) is 5.83. The minimum atomic E-state index is -0.361. The van der Waals surface area contributed by atoms with E-state index in [0.717, 1.165) is 6.42 Å². The van der Waals surface area contributed by atoms with E-state index in [-0.39, 0.29) is 30.5 Å². The highest BCUT2D eigenvalue weighted by Gasteiger charge is 2.30. The van der Waals surface area contributed by atoms with E-state index in [4.69, 9.17) is 10.5 Å². The Kier molecular flexibility index (Phi) is 7.07. The molecule has 0 aliphatic carbocycles. The van der Waals surface area contributed by atoms with Crippen LogP contribution in [-0.4, -0.2) is 92.6 Å². The van der Waals surface area contributed by atoms with Crippen LogP contribution in [0.1, 0.15) is 13.3 Å². The summed E-state index contributed by atoms with van der Waals surface area (Å²) in [5, 5.41) is 0. The van der Waals surface area contributed by atoms with Crippen molar-refractivity contribution >= 4 is 11.8 Å². The average Bonchev–Trinajstić information content (AvgIpc) is 2.38. The van der Waals surface area contributed by atoms with Crippen LogP contribution in [0.5, 0.6) is 0 Å². The maximum atomic E-state index is 12.5. The van der Waals surface area contributed by atoms with Crippen LogP contribution >= 0.6 is 0 Å². The molecule has 2 N–H and O–H groups in total. The van der Waals surface area contributed by atoms with Crippen LogP contribution in [0.15, 0.2) is 0 Å².